The maximum Gasteiger partial charge on any atom is 0.122 e. The first kappa shape index (κ1) is 17.0. The quantitative estimate of drug-likeness (QED) is 0.715. The Balaban J connectivity index is 2.38. The monoisotopic (exact) mass is 279 g/mol. The number of aryl methyl sites for hydroxylation is 1. The van der Waals surface area contributed by atoms with E-state index in [1.54, 1.807) is 0 Å². The summed E-state index contributed by atoms with van der Waals surface area (Å²) in [5, 5.41) is 0. The van der Waals surface area contributed by atoms with E-state index in [0.717, 1.165) is 18.9 Å². The molecule has 0 aromatic heterocycles. The van der Waals surface area contributed by atoms with Gasteiger partial charge >= 0.3 is 0 Å². The van der Waals surface area contributed by atoms with Crippen molar-refractivity contribution in [2.75, 3.05) is 40.5 Å². The van der Waals surface area contributed by atoms with Crippen molar-refractivity contribution in [1.29, 1.82) is 0 Å². The number of nitrogens with zero attached hydrogens (tertiary/aromatic N) is 1. The summed E-state index contributed by atoms with van der Waals surface area (Å²) in [4.78, 5) is 2.11. The number of benzene rings is 1. The van der Waals surface area contributed by atoms with E-state index in [0.29, 0.717) is 13.2 Å². The molecule has 0 atom stereocenters. The van der Waals surface area contributed by atoms with Gasteiger partial charge in [0, 0.05) is 6.54 Å². The lowest BCUT2D eigenvalue weighted by molar-refractivity contribution is 0.0888. The first-order valence-corrected chi connectivity index (χ1v) is 7.27. The van der Waals surface area contributed by atoms with Crippen molar-refractivity contribution in [3.63, 3.8) is 0 Å². The third-order valence-corrected chi connectivity index (χ3v) is 3.21. The molecule has 0 aliphatic heterocycles. The fraction of sp³-hybridized carbons (Fsp3) is 0.647. The van der Waals surface area contributed by atoms with Crippen LogP contribution in [0.25, 0.3) is 0 Å². The maximum atomic E-state index is 5.77. The topological polar surface area (TPSA) is 21.7 Å². The molecule has 0 saturated heterocycles. The third kappa shape index (κ3) is 5.93. The number of rotatable bonds is 7. The zero-order valence-corrected chi connectivity index (χ0v) is 13.8. The van der Waals surface area contributed by atoms with E-state index in [4.69, 9.17) is 9.47 Å². The van der Waals surface area contributed by atoms with Gasteiger partial charge in [0.1, 0.15) is 12.4 Å². The molecule has 1 rings (SSSR count). The minimum atomic E-state index is 0.179. The third-order valence-electron chi connectivity index (χ3n) is 3.21. The average molecular weight is 279 g/mol. The van der Waals surface area contributed by atoms with Crippen molar-refractivity contribution in [3.05, 3.63) is 29.3 Å². The molecule has 0 aliphatic rings. The molecule has 0 amide bonds. The summed E-state index contributed by atoms with van der Waals surface area (Å²) < 4.78 is 11.3. The normalized spacial score (nSPS) is 11.9. The summed E-state index contributed by atoms with van der Waals surface area (Å²) in [6, 6.07) is 6.42. The summed E-state index contributed by atoms with van der Waals surface area (Å²) >= 11 is 0. The molecular formula is C17H29NO2. The summed E-state index contributed by atoms with van der Waals surface area (Å²) in [5.74, 6) is 0.953. The van der Waals surface area contributed by atoms with Crippen LogP contribution in [0.2, 0.25) is 0 Å². The van der Waals surface area contributed by atoms with E-state index in [2.05, 4.69) is 50.8 Å². The molecule has 0 bridgehead atoms. The molecular weight excluding hydrogens is 250 g/mol. The highest BCUT2D eigenvalue weighted by molar-refractivity contribution is 5.38. The number of likely N-dealkylation sites (N-methyl/N-ethyl adjacent to an activating group) is 1. The summed E-state index contributed by atoms with van der Waals surface area (Å²) in [6.45, 7) is 11.7. The molecule has 0 aliphatic carbocycles. The van der Waals surface area contributed by atoms with Crippen LogP contribution in [0, 0.1) is 6.92 Å². The summed E-state index contributed by atoms with van der Waals surface area (Å²) in [7, 11) is 4.08. The molecule has 0 unspecified atom stereocenters. The Morgan fingerprint density at radius 2 is 1.75 bits per heavy atom. The predicted molar refractivity (Wildman–Crippen MR) is 84.7 cm³/mol. The zero-order valence-electron chi connectivity index (χ0n) is 13.8. The van der Waals surface area contributed by atoms with E-state index in [1.165, 1.54) is 11.1 Å². The van der Waals surface area contributed by atoms with Crippen LogP contribution in [0.4, 0.5) is 0 Å². The lowest BCUT2D eigenvalue weighted by Gasteiger charge is -2.20. The van der Waals surface area contributed by atoms with E-state index in [1.807, 2.05) is 14.1 Å². The van der Waals surface area contributed by atoms with Crippen LogP contribution in [0.15, 0.2) is 18.2 Å². The largest absolute Gasteiger partial charge is 0.491 e. The minimum absolute atomic E-state index is 0.179. The minimum Gasteiger partial charge on any atom is -0.491 e. The zero-order chi connectivity index (χ0) is 15.2. The van der Waals surface area contributed by atoms with Gasteiger partial charge in [-0.3, -0.25) is 0 Å². The summed E-state index contributed by atoms with van der Waals surface area (Å²) in [6.07, 6.45) is 0. The van der Waals surface area contributed by atoms with E-state index < -0.39 is 0 Å². The van der Waals surface area contributed by atoms with Crippen LogP contribution >= 0.6 is 0 Å². The molecule has 0 fully saturated rings. The van der Waals surface area contributed by atoms with E-state index >= 15 is 0 Å². The van der Waals surface area contributed by atoms with E-state index in [9.17, 15) is 0 Å². The SMILES string of the molecule is Cc1cc(C(C)(C)C)ccc1OCCOCCN(C)C. The van der Waals surface area contributed by atoms with E-state index in [-0.39, 0.29) is 5.41 Å². The fourth-order valence-electron chi connectivity index (χ4n) is 1.84. The standard InChI is InChI=1S/C17H29NO2/c1-14-13-15(17(2,3)4)7-8-16(14)20-12-11-19-10-9-18(5)6/h7-8,13H,9-12H2,1-6H3. The van der Waals surface area contributed by atoms with Crippen LogP contribution in [-0.4, -0.2) is 45.4 Å². The molecule has 0 saturated carbocycles. The number of hydrogen-bond donors (Lipinski definition) is 0. The Hall–Kier alpha value is -1.06. The predicted octanol–water partition coefficient (Wildman–Crippen LogP) is 3.25. The maximum absolute atomic E-state index is 5.77. The van der Waals surface area contributed by atoms with Crippen molar-refractivity contribution in [2.24, 2.45) is 0 Å². The van der Waals surface area contributed by atoms with Crippen LogP contribution in [0.1, 0.15) is 31.9 Å². The van der Waals surface area contributed by atoms with Gasteiger partial charge in [0.25, 0.3) is 0 Å². The van der Waals surface area contributed by atoms with Crippen LogP contribution in [0.3, 0.4) is 0 Å². The van der Waals surface area contributed by atoms with Gasteiger partial charge in [-0.2, -0.15) is 0 Å². The molecule has 0 N–H and O–H groups in total. The Labute approximate surface area is 123 Å². The smallest absolute Gasteiger partial charge is 0.122 e. The van der Waals surface area contributed by atoms with Crippen molar-refractivity contribution in [2.45, 2.75) is 33.1 Å². The van der Waals surface area contributed by atoms with Crippen LogP contribution in [-0.2, 0) is 10.2 Å². The van der Waals surface area contributed by atoms with Gasteiger partial charge in [-0.15, -0.1) is 0 Å². The average Bonchev–Trinajstić information content (AvgIpc) is 2.33. The van der Waals surface area contributed by atoms with Gasteiger partial charge in [0.05, 0.1) is 13.2 Å². The highest BCUT2D eigenvalue weighted by Crippen LogP contribution is 2.27. The fourth-order valence-corrected chi connectivity index (χ4v) is 1.84. The molecule has 114 valence electrons. The van der Waals surface area contributed by atoms with Crippen molar-refractivity contribution >= 4 is 0 Å². The van der Waals surface area contributed by atoms with Crippen molar-refractivity contribution < 1.29 is 9.47 Å². The molecule has 0 radical (unpaired) electrons. The molecule has 1 aromatic rings. The highest BCUT2D eigenvalue weighted by Gasteiger charge is 2.14. The summed E-state index contributed by atoms with van der Waals surface area (Å²) in [5.41, 5.74) is 2.70. The van der Waals surface area contributed by atoms with Gasteiger partial charge < -0.3 is 14.4 Å². The van der Waals surface area contributed by atoms with Crippen molar-refractivity contribution in [1.82, 2.24) is 4.90 Å². The Bertz CT molecular complexity index is 408. The molecule has 3 nitrogen and oxygen atoms in total. The number of hydrogen-bond acceptors (Lipinski definition) is 3. The second kappa shape index (κ2) is 7.65. The lowest BCUT2D eigenvalue weighted by atomic mass is 9.86. The first-order valence-electron chi connectivity index (χ1n) is 7.27. The number of ether oxygens (including phenoxy) is 2. The van der Waals surface area contributed by atoms with Gasteiger partial charge in [-0.25, -0.2) is 0 Å². The van der Waals surface area contributed by atoms with Gasteiger partial charge in [-0.1, -0.05) is 32.9 Å². The second-order valence-corrected chi connectivity index (χ2v) is 6.49. The van der Waals surface area contributed by atoms with Gasteiger partial charge in [0.2, 0.25) is 0 Å². The van der Waals surface area contributed by atoms with Crippen molar-refractivity contribution in [3.8, 4) is 5.75 Å². The van der Waals surface area contributed by atoms with Gasteiger partial charge in [-0.05, 0) is 43.6 Å². The molecule has 3 heteroatoms. The van der Waals surface area contributed by atoms with Crippen LogP contribution in [0.5, 0.6) is 5.75 Å². The first-order chi connectivity index (χ1) is 9.30. The van der Waals surface area contributed by atoms with Gasteiger partial charge in [0.15, 0.2) is 0 Å². The molecule has 0 spiro atoms. The molecule has 1 aromatic carbocycles. The van der Waals surface area contributed by atoms with Crippen LogP contribution < -0.4 is 4.74 Å². The second-order valence-electron chi connectivity index (χ2n) is 6.49. The lowest BCUT2D eigenvalue weighted by Crippen LogP contribution is -2.19. The molecule has 20 heavy (non-hydrogen) atoms. The molecule has 0 heterocycles. The Morgan fingerprint density at radius 1 is 1.05 bits per heavy atom. The highest BCUT2D eigenvalue weighted by atomic mass is 16.5. The Kier molecular flexibility index (Phi) is 6.50. The Morgan fingerprint density at radius 3 is 2.30 bits per heavy atom.